The van der Waals surface area contributed by atoms with Crippen LogP contribution in [0.15, 0.2) is 0 Å². The zero-order chi connectivity index (χ0) is 13.1. The van der Waals surface area contributed by atoms with E-state index >= 15 is 0 Å². The van der Waals surface area contributed by atoms with Crippen LogP contribution in [-0.4, -0.2) is 23.6 Å². The fraction of sp³-hybridized carbons (Fsp3) is 0.556. The number of methoxy groups -OCH3 is 1. The van der Waals surface area contributed by atoms with E-state index in [0.29, 0.717) is 6.42 Å². The second-order valence-electron chi connectivity index (χ2n) is 3.31. The molecule has 0 atom stereocenters. The first-order chi connectivity index (χ1) is 7.90. The number of nitrogens with two attached hydrogens (primary N) is 2. The maximum atomic E-state index is 12.7. The van der Waals surface area contributed by atoms with Crippen molar-refractivity contribution in [3.8, 4) is 5.88 Å². The molecular formula is C9H13F3N4O. The highest BCUT2D eigenvalue weighted by Crippen LogP contribution is 2.34. The van der Waals surface area contributed by atoms with Gasteiger partial charge in [0.15, 0.2) is 5.69 Å². The minimum atomic E-state index is -4.59. The Hall–Kier alpha value is -1.57. The van der Waals surface area contributed by atoms with Crippen molar-refractivity contribution in [3.63, 3.8) is 0 Å². The van der Waals surface area contributed by atoms with Crippen molar-refractivity contribution < 1.29 is 17.9 Å². The number of nitrogens with zero attached hydrogens (tertiary/aromatic N) is 2. The van der Waals surface area contributed by atoms with E-state index < -0.39 is 17.8 Å². The van der Waals surface area contributed by atoms with Crippen molar-refractivity contribution in [2.45, 2.75) is 19.0 Å². The summed E-state index contributed by atoms with van der Waals surface area (Å²) in [6, 6.07) is 0. The summed E-state index contributed by atoms with van der Waals surface area (Å²) in [4.78, 5) is 6.85. The van der Waals surface area contributed by atoms with Gasteiger partial charge in [-0.15, -0.1) is 0 Å². The minimum absolute atomic E-state index is 0.0921. The van der Waals surface area contributed by atoms with Crippen molar-refractivity contribution in [3.05, 3.63) is 11.3 Å². The molecule has 4 N–H and O–H groups in total. The number of alkyl halides is 3. The Bertz CT molecular complexity index is 395. The third-order valence-electron chi connectivity index (χ3n) is 2.08. The van der Waals surface area contributed by atoms with Crippen LogP contribution in [0.25, 0.3) is 0 Å². The van der Waals surface area contributed by atoms with E-state index in [2.05, 4.69) is 9.97 Å². The zero-order valence-electron chi connectivity index (χ0n) is 9.21. The molecule has 8 heteroatoms. The van der Waals surface area contributed by atoms with Crippen LogP contribution in [0.3, 0.4) is 0 Å². The second-order valence-corrected chi connectivity index (χ2v) is 3.31. The maximum Gasteiger partial charge on any atom is 0.433 e. The first-order valence-corrected chi connectivity index (χ1v) is 4.87. The summed E-state index contributed by atoms with van der Waals surface area (Å²) < 4.78 is 43.0. The lowest BCUT2D eigenvalue weighted by Gasteiger charge is -2.14. The molecule has 1 heterocycles. The Morgan fingerprint density at radius 2 is 1.94 bits per heavy atom. The molecule has 0 aliphatic carbocycles. The molecule has 1 aromatic heterocycles. The summed E-state index contributed by atoms with van der Waals surface area (Å²) in [6.45, 7) is 0.269. The number of anilines is 1. The summed E-state index contributed by atoms with van der Waals surface area (Å²) in [7, 11) is 1.23. The number of halogens is 3. The molecule has 0 spiro atoms. The summed E-state index contributed by atoms with van der Waals surface area (Å²) in [5.41, 5.74) is 9.30. The van der Waals surface area contributed by atoms with Gasteiger partial charge in [-0.3, -0.25) is 0 Å². The van der Waals surface area contributed by atoms with Crippen molar-refractivity contribution in [2.75, 3.05) is 19.4 Å². The van der Waals surface area contributed by atoms with Gasteiger partial charge in [0.2, 0.25) is 11.8 Å². The number of hydrogen-bond donors (Lipinski definition) is 2. The molecule has 96 valence electrons. The monoisotopic (exact) mass is 250 g/mol. The lowest BCUT2D eigenvalue weighted by Crippen LogP contribution is -2.17. The van der Waals surface area contributed by atoms with Gasteiger partial charge in [0.25, 0.3) is 0 Å². The zero-order valence-corrected chi connectivity index (χ0v) is 9.21. The van der Waals surface area contributed by atoms with E-state index in [0.717, 1.165) is 0 Å². The molecule has 0 fully saturated rings. The average Bonchev–Trinajstić information content (AvgIpc) is 2.25. The lowest BCUT2D eigenvalue weighted by atomic mass is 10.1. The van der Waals surface area contributed by atoms with Gasteiger partial charge in [0.1, 0.15) is 0 Å². The molecular weight excluding hydrogens is 237 g/mol. The van der Waals surface area contributed by atoms with E-state index in [1.165, 1.54) is 7.11 Å². The first kappa shape index (κ1) is 13.5. The minimum Gasteiger partial charge on any atom is -0.481 e. The topological polar surface area (TPSA) is 87.0 Å². The van der Waals surface area contributed by atoms with Crippen molar-refractivity contribution in [2.24, 2.45) is 5.73 Å². The molecule has 0 aromatic carbocycles. The number of nitrogen functional groups attached to an aromatic ring is 1. The van der Waals surface area contributed by atoms with Gasteiger partial charge in [-0.05, 0) is 19.4 Å². The Kier molecular flexibility index (Phi) is 4.11. The predicted octanol–water partition coefficient (Wildman–Crippen LogP) is 0.978. The molecule has 0 bridgehead atoms. The van der Waals surface area contributed by atoms with Crippen molar-refractivity contribution in [1.29, 1.82) is 0 Å². The number of rotatable bonds is 4. The van der Waals surface area contributed by atoms with Gasteiger partial charge in [0.05, 0.1) is 7.11 Å². The third kappa shape index (κ3) is 3.19. The number of aromatic nitrogens is 2. The van der Waals surface area contributed by atoms with Gasteiger partial charge < -0.3 is 16.2 Å². The van der Waals surface area contributed by atoms with Crippen molar-refractivity contribution >= 4 is 5.95 Å². The molecule has 0 aliphatic rings. The van der Waals surface area contributed by atoms with Gasteiger partial charge in [0, 0.05) is 5.56 Å². The Labute approximate surface area is 96.0 Å². The summed E-state index contributed by atoms with van der Waals surface area (Å²) >= 11 is 0. The normalized spacial score (nSPS) is 11.6. The average molecular weight is 250 g/mol. The molecule has 0 saturated heterocycles. The van der Waals surface area contributed by atoms with Crippen LogP contribution >= 0.6 is 0 Å². The molecule has 0 radical (unpaired) electrons. The molecule has 0 unspecified atom stereocenters. The quantitative estimate of drug-likeness (QED) is 0.831. The standard InChI is InChI=1S/C9H13F3N4O/c1-17-7-5(3-2-4-13)6(9(10,11)12)15-8(14)16-7/h2-4,13H2,1H3,(H2,14,15,16). The molecule has 0 aliphatic heterocycles. The summed E-state index contributed by atoms with van der Waals surface area (Å²) in [5.74, 6) is -0.621. The summed E-state index contributed by atoms with van der Waals surface area (Å²) in [6.07, 6.45) is -4.12. The highest BCUT2D eigenvalue weighted by atomic mass is 19.4. The van der Waals surface area contributed by atoms with E-state index in [9.17, 15) is 13.2 Å². The molecule has 5 nitrogen and oxygen atoms in total. The maximum absolute atomic E-state index is 12.7. The van der Waals surface area contributed by atoms with Crippen LogP contribution in [0.5, 0.6) is 5.88 Å². The Balaban J connectivity index is 3.28. The SMILES string of the molecule is COc1nc(N)nc(C(F)(F)F)c1CCCN. The van der Waals surface area contributed by atoms with Gasteiger partial charge in [-0.2, -0.15) is 18.2 Å². The largest absolute Gasteiger partial charge is 0.481 e. The van der Waals surface area contributed by atoms with Crippen molar-refractivity contribution in [1.82, 2.24) is 9.97 Å². The summed E-state index contributed by atoms with van der Waals surface area (Å²) in [5, 5.41) is 0. The van der Waals surface area contributed by atoms with E-state index in [4.69, 9.17) is 16.2 Å². The van der Waals surface area contributed by atoms with Crippen LogP contribution in [-0.2, 0) is 12.6 Å². The first-order valence-electron chi connectivity index (χ1n) is 4.87. The van der Waals surface area contributed by atoms with E-state index in [1.807, 2.05) is 0 Å². The molecule has 1 rings (SSSR count). The van der Waals surface area contributed by atoms with Crippen LogP contribution < -0.4 is 16.2 Å². The van der Waals surface area contributed by atoms with Crippen LogP contribution in [0.4, 0.5) is 19.1 Å². The Morgan fingerprint density at radius 1 is 1.29 bits per heavy atom. The van der Waals surface area contributed by atoms with E-state index in [1.54, 1.807) is 0 Å². The smallest absolute Gasteiger partial charge is 0.433 e. The van der Waals surface area contributed by atoms with Gasteiger partial charge >= 0.3 is 6.18 Å². The second kappa shape index (κ2) is 5.17. The molecule has 1 aromatic rings. The molecule has 0 amide bonds. The highest BCUT2D eigenvalue weighted by molar-refractivity contribution is 5.37. The lowest BCUT2D eigenvalue weighted by molar-refractivity contribution is -0.142. The molecule has 0 saturated carbocycles. The number of ether oxygens (including phenoxy) is 1. The predicted molar refractivity (Wildman–Crippen MR) is 55.4 cm³/mol. The highest BCUT2D eigenvalue weighted by Gasteiger charge is 2.37. The number of hydrogen-bond acceptors (Lipinski definition) is 5. The van der Waals surface area contributed by atoms with Crippen LogP contribution in [0.2, 0.25) is 0 Å². The Morgan fingerprint density at radius 3 is 2.41 bits per heavy atom. The molecule has 17 heavy (non-hydrogen) atoms. The van der Waals surface area contributed by atoms with Gasteiger partial charge in [-0.25, -0.2) is 4.98 Å². The fourth-order valence-electron chi connectivity index (χ4n) is 1.39. The van der Waals surface area contributed by atoms with Crippen LogP contribution in [0, 0.1) is 0 Å². The van der Waals surface area contributed by atoms with Gasteiger partial charge in [-0.1, -0.05) is 0 Å². The third-order valence-corrected chi connectivity index (χ3v) is 2.08. The van der Waals surface area contributed by atoms with Crippen LogP contribution in [0.1, 0.15) is 17.7 Å². The fourth-order valence-corrected chi connectivity index (χ4v) is 1.39. The van der Waals surface area contributed by atoms with E-state index in [-0.39, 0.29) is 24.4 Å².